The fourth-order valence-electron chi connectivity index (χ4n) is 2.41. The van der Waals surface area contributed by atoms with Gasteiger partial charge in [0.05, 0.1) is 21.9 Å². The van der Waals surface area contributed by atoms with Crippen molar-refractivity contribution in [2.24, 2.45) is 7.05 Å². The second-order valence-corrected chi connectivity index (χ2v) is 6.16. The number of halogens is 2. The minimum atomic E-state index is 0.538. The first-order valence-corrected chi connectivity index (χ1v) is 8.33. The molecule has 0 saturated heterocycles. The third kappa shape index (κ3) is 3.81. The van der Waals surface area contributed by atoms with Gasteiger partial charge in [-0.05, 0) is 17.7 Å². The number of rotatable bonds is 5. The topological polar surface area (TPSA) is 29.9 Å². The van der Waals surface area contributed by atoms with E-state index >= 15 is 0 Å². The maximum absolute atomic E-state index is 6.10. The number of nitrogens with one attached hydrogen (secondary N) is 1. The van der Waals surface area contributed by atoms with Crippen LogP contribution in [0.3, 0.4) is 0 Å². The van der Waals surface area contributed by atoms with Crippen LogP contribution >= 0.6 is 23.2 Å². The Morgan fingerprint density at radius 3 is 2.62 bits per heavy atom. The summed E-state index contributed by atoms with van der Waals surface area (Å²) in [5, 5.41) is 4.39. The van der Waals surface area contributed by atoms with Crippen LogP contribution in [0.2, 0.25) is 10.0 Å². The summed E-state index contributed by atoms with van der Waals surface area (Å²) in [4.78, 5) is 4.43. The predicted molar refractivity (Wildman–Crippen MR) is 103 cm³/mol. The van der Waals surface area contributed by atoms with Crippen molar-refractivity contribution in [3.05, 3.63) is 76.4 Å². The van der Waals surface area contributed by atoms with Crippen LogP contribution in [0.1, 0.15) is 5.56 Å². The van der Waals surface area contributed by atoms with E-state index in [1.54, 1.807) is 6.07 Å². The Labute approximate surface area is 151 Å². The number of nitrogens with zero attached hydrogens (tertiary/aromatic N) is 2. The summed E-state index contributed by atoms with van der Waals surface area (Å²) in [7, 11) is 1.97. The first kappa shape index (κ1) is 16.6. The summed E-state index contributed by atoms with van der Waals surface area (Å²) < 4.78 is 2.00. The highest BCUT2D eigenvalue weighted by molar-refractivity contribution is 6.42. The van der Waals surface area contributed by atoms with E-state index in [4.69, 9.17) is 23.2 Å². The smallest absolute Gasteiger partial charge is 0.203 e. The van der Waals surface area contributed by atoms with E-state index in [1.165, 1.54) is 5.56 Å². The van der Waals surface area contributed by atoms with E-state index in [2.05, 4.69) is 34.6 Å². The van der Waals surface area contributed by atoms with Crippen molar-refractivity contribution < 1.29 is 0 Å². The molecule has 0 bridgehead atoms. The normalized spacial score (nSPS) is 11.1. The van der Waals surface area contributed by atoms with Crippen LogP contribution in [0.5, 0.6) is 0 Å². The van der Waals surface area contributed by atoms with Crippen LogP contribution in [-0.4, -0.2) is 16.1 Å². The lowest BCUT2D eigenvalue weighted by Crippen LogP contribution is -2.05. The van der Waals surface area contributed by atoms with Gasteiger partial charge in [0.1, 0.15) is 0 Å². The highest BCUT2D eigenvalue weighted by Crippen LogP contribution is 2.29. The minimum Gasteiger partial charge on any atom is -0.352 e. The molecule has 3 nitrogen and oxygen atoms in total. The van der Waals surface area contributed by atoms with Crippen LogP contribution in [0, 0.1) is 0 Å². The Balaban J connectivity index is 1.69. The second-order valence-electron chi connectivity index (χ2n) is 5.35. The molecule has 24 heavy (non-hydrogen) atoms. The Hall–Kier alpha value is -2.23. The van der Waals surface area contributed by atoms with Crippen molar-refractivity contribution >= 4 is 35.2 Å². The van der Waals surface area contributed by atoms with Crippen LogP contribution in [-0.2, 0) is 7.05 Å². The van der Waals surface area contributed by atoms with Gasteiger partial charge in [0, 0.05) is 19.2 Å². The molecule has 0 amide bonds. The minimum absolute atomic E-state index is 0.538. The molecule has 0 atom stereocenters. The molecule has 0 unspecified atom stereocenters. The molecule has 0 aliphatic rings. The van der Waals surface area contributed by atoms with Crippen molar-refractivity contribution in [1.82, 2.24) is 9.55 Å². The van der Waals surface area contributed by atoms with Gasteiger partial charge in [0.25, 0.3) is 0 Å². The zero-order valence-electron chi connectivity index (χ0n) is 13.2. The van der Waals surface area contributed by atoms with Gasteiger partial charge in [0.2, 0.25) is 5.95 Å². The molecule has 2 aromatic carbocycles. The van der Waals surface area contributed by atoms with E-state index in [1.807, 2.05) is 48.1 Å². The summed E-state index contributed by atoms with van der Waals surface area (Å²) in [6.07, 6.45) is 5.97. The SMILES string of the molecule is Cn1c(-c2ccc(Cl)c(Cl)c2)cnc1NCC=Cc1ccccc1. The van der Waals surface area contributed by atoms with E-state index < -0.39 is 0 Å². The largest absolute Gasteiger partial charge is 0.352 e. The fourth-order valence-corrected chi connectivity index (χ4v) is 2.70. The monoisotopic (exact) mass is 357 g/mol. The molecular formula is C19H17Cl2N3. The maximum Gasteiger partial charge on any atom is 0.203 e. The summed E-state index contributed by atoms with van der Waals surface area (Å²) in [6, 6.07) is 15.8. The summed E-state index contributed by atoms with van der Waals surface area (Å²) in [5.74, 6) is 0.800. The molecule has 0 fully saturated rings. The fraction of sp³-hybridized carbons (Fsp3) is 0.105. The Bertz CT molecular complexity index is 854. The first-order valence-electron chi connectivity index (χ1n) is 7.58. The molecule has 0 radical (unpaired) electrons. The maximum atomic E-state index is 6.10. The van der Waals surface area contributed by atoms with Crippen LogP contribution in [0.4, 0.5) is 5.95 Å². The molecule has 3 rings (SSSR count). The number of imidazole rings is 1. The number of anilines is 1. The Kier molecular flexibility index (Phi) is 5.24. The average Bonchev–Trinajstić information content (AvgIpc) is 2.96. The molecule has 0 aliphatic carbocycles. The second kappa shape index (κ2) is 7.56. The van der Waals surface area contributed by atoms with Gasteiger partial charge in [-0.25, -0.2) is 4.98 Å². The summed E-state index contributed by atoms with van der Waals surface area (Å²) in [5.41, 5.74) is 3.13. The molecule has 122 valence electrons. The molecule has 3 aromatic rings. The zero-order valence-corrected chi connectivity index (χ0v) is 14.7. The third-order valence-corrected chi connectivity index (χ3v) is 4.43. The summed E-state index contributed by atoms with van der Waals surface area (Å²) >= 11 is 12.1. The quantitative estimate of drug-likeness (QED) is 0.651. The molecule has 1 aromatic heterocycles. The molecular weight excluding hydrogens is 341 g/mol. The Morgan fingerprint density at radius 1 is 1.08 bits per heavy atom. The lowest BCUT2D eigenvalue weighted by molar-refractivity contribution is 0.920. The number of hydrogen-bond donors (Lipinski definition) is 1. The van der Waals surface area contributed by atoms with E-state index in [0.717, 1.165) is 17.2 Å². The van der Waals surface area contributed by atoms with Gasteiger partial charge in [-0.15, -0.1) is 0 Å². The van der Waals surface area contributed by atoms with Gasteiger partial charge in [0.15, 0.2) is 0 Å². The average molecular weight is 358 g/mol. The Morgan fingerprint density at radius 2 is 1.88 bits per heavy atom. The van der Waals surface area contributed by atoms with Crippen molar-refractivity contribution in [2.75, 3.05) is 11.9 Å². The molecule has 1 heterocycles. The first-order chi connectivity index (χ1) is 11.6. The molecule has 5 heteroatoms. The van der Waals surface area contributed by atoms with Crippen LogP contribution in [0.25, 0.3) is 17.3 Å². The van der Waals surface area contributed by atoms with Crippen molar-refractivity contribution in [3.8, 4) is 11.3 Å². The molecule has 0 saturated carbocycles. The lowest BCUT2D eigenvalue weighted by atomic mass is 10.2. The van der Waals surface area contributed by atoms with E-state index in [-0.39, 0.29) is 0 Å². The van der Waals surface area contributed by atoms with Crippen LogP contribution in [0.15, 0.2) is 60.8 Å². The van der Waals surface area contributed by atoms with Crippen molar-refractivity contribution in [3.63, 3.8) is 0 Å². The van der Waals surface area contributed by atoms with Gasteiger partial charge >= 0.3 is 0 Å². The summed E-state index contributed by atoms with van der Waals surface area (Å²) in [6.45, 7) is 0.695. The number of aromatic nitrogens is 2. The van der Waals surface area contributed by atoms with E-state index in [0.29, 0.717) is 16.6 Å². The highest BCUT2D eigenvalue weighted by atomic mass is 35.5. The van der Waals surface area contributed by atoms with Gasteiger partial charge in [-0.2, -0.15) is 0 Å². The molecule has 0 spiro atoms. The number of hydrogen-bond acceptors (Lipinski definition) is 2. The molecule has 1 N–H and O–H groups in total. The van der Waals surface area contributed by atoms with Crippen molar-refractivity contribution in [1.29, 1.82) is 0 Å². The predicted octanol–water partition coefficient (Wildman–Crippen LogP) is 5.52. The highest BCUT2D eigenvalue weighted by Gasteiger charge is 2.09. The third-order valence-electron chi connectivity index (χ3n) is 3.69. The van der Waals surface area contributed by atoms with Gasteiger partial charge in [-0.3, -0.25) is 0 Å². The van der Waals surface area contributed by atoms with E-state index in [9.17, 15) is 0 Å². The lowest BCUT2D eigenvalue weighted by Gasteiger charge is -2.07. The van der Waals surface area contributed by atoms with Crippen molar-refractivity contribution in [2.45, 2.75) is 0 Å². The van der Waals surface area contributed by atoms with Crippen LogP contribution < -0.4 is 5.32 Å². The van der Waals surface area contributed by atoms with Gasteiger partial charge in [-0.1, -0.05) is 71.8 Å². The van der Waals surface area contributed by atoms with Gasteiger partial charge < -0.3 is 9.88 Å². The standard InChI is InChI=1S/C19H17Cl2N3/c1-24-18(15-9-10-16(20)17(21)12-15)13-23-19(24)22-11-5-8-14-6-3-2-4-7-14/h2-10,12-13H,11H2,1H3,(H,22,23). The molecule has 0 aliphatic heterocycles. The zero-order chi connectivity index (χ0) is 16.9. The number of benzene rings is 2.